The SMILES string of the molecule is C=c1c2c(C)c3cc(CC(C)(C)C)ccc3c(C)c2n2c3ccc(C(C)C)cc3c3ccc(/C=C\C)c1c32. The molecule has 192 valence electrons. The maximum atomic E-state index is 4.78. The number of benzene rings is 4. The monoisotopic (exact) mass is 497 g/mol. The molecule has 0 aliphatic heterocycles. The van der Waals surface area contributed by atoms with Crippen molar-refractivity contribution in [3.05, 3.63) is 87.6 Å². The molecule has 0 aliphatic carbocycles. The van der Waals surface area contributed by atoms with E-state index in [1.807, 2.05) is 0 Å². The van der Waals surface area contributed by atoms with Gasteiger partial charge in [0.25, 0.3) is 0 Å². The second-order valence-corrected chi connectivity index (χ2v) is 12.8. The Balaban J connectivity index is 1.89. The van der Waals surface area contributed by atoms with Crippen LogP contribution in [0, 0.1) is 19.3 Å². The standard InChI is InChI=1S/C37H39N/c1-10-11-26-13-16-29-31-19-27(21(2)3)14-17-32(31)38-35-23(5)28-15-12-25(20-37(7,8)9)18-30(28)22(4)33(35)24(6)34(26)36(29)38/h10-19,21H,6,20H2,1-5,7-9H3/b11-10-. The average molecular weight is 498 g/mol. The first-order valence-electron chi connectivity index (χ1n) is 14.0. The molecular weight excluding hydrogens is 458 g/mol. The summed E-state index contributed by atoms with van der Waals surface area (Å²) in [6, 6.07) is 18.8. The molecule has 0 radical (unpaired) electrons. The number of pyridine rings is 1. The Morgan fingerprint density at radius 2 is 1.55 bits per heavy atom. The highest BCUT2D eigenvalue weighted by atomic mass is 14.9. The van der Waals surface area contributed by atoms with Crippen LogP contribution in [-0.2, 0) is 6.42 Å². The second-order valence-electron chi connectivity index (χ2n) is 12.8. The van der Waals surface area contributed by atoms with Crippen LogP contribution < -0.4 is 5.22 Å². The molecule has 0 unspecified atom stereocenters. The molecule has 0 bridgehead atoms. The van der Waals surface area contributed by atoms with Gasteiger partial charge in [0.15, 0.2) is 0 Å². The number of allylic oxidation sites excluding steroid dienone is 1. The third kappa shape index (κ3) is 3.52. The molecule has 4 aromatic carbocycles. The van der Waals surface area contributed by atoms with Crippen LogP contribution in [0.3, 0.4) is 0 Å². The van der Waals surface area contributed by atoms with E-state index >= 15 is 0 Å². The molecule has 0 aliphatic rings. The minimum absolute atomic E-state index is 0.249. The zero-order valence-corrected chi connectivity index (χ0v) is 24.2. The third-order valence-electron chi connectivity index (χ3n) is 8.42. The molecule has 0 spiro atoms. The van der Waals surface area contributed by atoms with Crippen molar-refractivity contribution in [3.8, 4) is 0 Å². The molecule has 38 heavy (non-hydrogen) atoms. The van der Waals surface area contributed by atoms with E-state index in [4.69, 9.17) is 6.58 Å². The smallest absolute Gasteiger partial charge is 0.0625 e. The number of aromatic nitrogens is 1. The molecule has 0 saturated carbocycles. The van der Waals surface area contributed by atoms with Gasteiger partial charge in [-0.05, 0) is 94.5 Å². The van der Waals surface area contributed by atoms with Crippen molar-refractivity contribution in [1.29, 1.82) is 0 Å². The van der Waals surface area contributed by atoms with Gasteiger partial charge in [-0.15, -0.1) is 0 Å². The van der Waals surface area contributed by atoms with Crippen molar-refractivity contribution in [2.24, 2.45) is 5.41 Å². The van der Waals surface area contributed by atoms with E-state index in [1.165, 1.54) is 76.7 Å². The van der Waals surface area contributed by atoms with Crippen molar-refractivity contribution in [2.45, 2.75) is 67.7 Å². The summed E-state index contributed by atoms with van der Waals surface area (Å²) >= 11 is 0. The van der Waals surface area contributed by atoms with Crippen LogP contribution in [-0.4, -0.2) is 4.40 Å². The second kappa shape index (κ2) is 8.46. The molecule has 0 amide bonds. The maximum Gasteiger partial charge on any atom is 0.0625 e. The summed E-state index contributed by atoms with van der Waals surface area (Å²) in [7, 11) is 0. The molecule has 0 saturated heterocycles. The van der Waals surface area contributed by atoms with Crippen LogP contribution in [0.4, 0.5) is 0 Å². The largest absolute Gasteiger partial charge is 0.308 e. The number of nitrogens with zero attached hydrogens (tertiary/aromatic N) is 1. The van der Waals surface area contributed by atoms with E-state index in [9.17, 15) is 0 Å². The molecule has 1 nitrogen and oxygen atoms in total. The minimum atomic E-state index is 0.249. The van der Waals surface area contributed by atoms with Crippen molar-refractivity contribution in [3.63, 3.8) is 0 Å². The van der Waals surface area contributed by atoms with Gasteiger partial charge < -0.3 is 4.40 Å². The molecule has 6 rings (SSSR count). The first kappa shape index (κ1) is 24.7. The minimum Gasteiger partial charge on any atom is -0.308 e. The Hall–Kier alpha value is -3.58. The molecular formula is C37H39N. The quantitative estimate of drug-likeness (QED) is 0.214. The van der Waals surface area contributed by atoms with Gasteiger partial charge in [-0.1, -0.05) is 89.7 Å². The first-order valence-corrected chi connectivity index (χ1v) is 14.0. The summed E-state index contributed by atoms with van der Waals surface area (Å²) in [5.41, 5.74) is 10.8. The van der Waals surface area contributed by atoms with Gasteiger partial charge in [0.2, 0.25) is 0 Å². The average Bonchev–Trinajstić information content (AvgIpc) is 3.18. The number of hydrogen-bond donors (Lipinski definition) is 0. The van der Waals surface area contributed by atoms with Crippen LogP contribution >= 0.6 is 0 Å². The highest BCUT2D eigenvalue weighted by Gasteiger charge is 2.22. The zero-order valence-electron chi connectivity index (χ0n) is 24.2. The number of rotatable bonds is 3. The Morgan fingerprint density at radius 1 is 0.816 bits per heavy atom. The molecule has 2 heterocycles. The van der Waals surface area contributed by atoms with Gasteiger partial charge in [-0.2, -0.15) is 0 Å². The van der Waals surface area contributed by atoms with Gasteiger partial charge in [0.1, 0.15) is 0 Å². The van der Waals surface area contributed by atoms with Gasteiger partial charge in [0, 0.05) is 21.5 Å². The fourth-order valence-corrected chi connectivity index (χ4v) is 6.72. The number of aryl methyl sites for hydroxylation is 2. The van der Waals surface area contributed by atoms with E-state index in [0.717, 1.165) is 11.6 Å². The Bertz CT molecular complexity index is 1990. The number of hydrogen-bond acceptors (Lipinski definition) is 0. The van der Waals surface area contributed by atoms with Gasteiger partial charge in [0.05, 0.1) is 16.6 Å². The van der Waals surface area contributed by atoms with Crippen molar-refractivity contribution in [2.75, 3.05) is 0 Å². The third-order valence-corrected chi connectivity index (χ3v) is 8.42. The fraction of sp³-hybridized carbons (Fsp3) is 0.297. The van der Waals surface area contributed by atoms with E-state index in [2.05, 4.69) is 120 Å². The molecule has 6 aromatic rings. The Labute approximate surface area is 226 Å². The van der Waals surface area contributed by atoms with Crippen molar-refractivity contribution >= 4 is 61.5 Å². The normalized spacial score (nSPS) is 13.1. The molecule has 1 heteroatoms. The van der Waals surface area contributed by atoms with Gasteiger partial charge in [-0.3, -0.25) is 0 Å². The predicted molar refractivity (Wildman–Crippen MR) is 170 cm³/mol. The molecule has 0 N–H and O–H groups in total. The lowest BCUT2D eigenvalue weighted by molar-refractivity contribution is 0.411. The summed E-state index contributed by atoms with van der Waals surface area (Å²) < 4.78 is 2.55. The van der Waals surface area contributed by atoms with Crippen LogP contribution in [0.25, 0.3) is 61.5 Å². The van der Waals surface area contributed by atoms with Gasteiger partial charge >= 0.3 is 0 Å². The predicted octanol–water partition coefficient (Wildman–Crippen LogP) is 10.0. The van der Waals surface area contributed by atoms with Crippen LogP contribution in [0.1, 0.15) is 75.3 Å². The van der Waals surface area contributed by atoms with E-state index < -0.39 is 0 Å². The fourth-order valence-electron chi connectivity index (χ4n) is 6.72. The van der Waals surface area contributed by atoms with Gasteiger partial charge in [-0.25, -0.2) is 0 Å². The molecule has 0 atom stereocenters. The summed E-state index contributed by atoms with van der Waals surface area (Å²) in [6.07, 6.45) is 5.44. The maximum absolute atomic E-state index is 4.78. The Morgan fingerprint density at radius 3 is 2.24 bits per heavy atom. The van der Waals surface area contributed by atoms with Crippen LogP contribution in [0.2, 0.25) is 0 Å². The summed E-state index contributed by atoms with van der Waals surface area (Å²) in [5, 5.41) is 9.04. The highest BCUT2D eigenvalue weighted by Crippen LogP contribution is 2.40. The van der Waals surface area contributed by atoms with E-state index in [1.54, 1.807) is 0 Å². The number of fused-ring (bicyclic) bond motifs is 6. The Kier molecular flexibility index (Phi) is 5.51. The zero-order chi connectivity index (χ0) is 27.1. The lowest BCUT2D eigenvalue weighted by atomic mass is 9.86. The lowest BCUT2D eigenvalue weighted by Crippen LogP contribution is -2.11. The summed E-state index contributed by atoms with van der Waals surface area (Å²) in [4.78, 5) is 0. The van der Waals surface area contributed by atoms with Crippen molar-refractivity contribution in [1.82, 2.24) is 4.40 Å². The topological polar surface area (TPSA) is 4.41 Å². The highest BCUT2D eigenvalue weighted by molar-refractivity contribution is 6.21. The van der Waals surface area contributed by atoms with E-state index in [0.29, 0.717) is 5.92 Å². The van der Waals surface area contributed by atoms with Crippen LogP contribution in [0.5, 0.6) is 0 Å². The summed E-state index contributed by atoms with van der Waals surface area (Å²) in [6.45, 7) is 23.0. The summed E-state index contributed by atoms with van der Waals surface area (Å²) in [5.74, 6) is 0.488. The van der Waals surface area contributed by atoms with E-state index in [-0.39, 0.29) is 5.41 Å². The lowest BCUT2D eigenvalue weighted by Gasteiger charge is -2.21. The van der Waals surface area contributed by atoms with Crippen LogP contribution in [0.15, 0.2) is 54.6 Å². The van der Waals surface area contributed by atoms with Crippen molar-refractivity contribution < 1.29 is 0 Å². The first-order chi connectivity index (χ1) is 18.0. The molecule has 0 fully saturated rings. The molecule has 2 aromatic heterocycles.